The van der Waals surface area contributed by atoms with Gasteiger partial charge in [0, 0.05) is 10.4 Å². The third-order valence-electron chi connectivity index (χ3n) is 2.82. The van der Waals surface area contributed by atoms with Crippen molar-refractivity contribution in [3.8, 4) is 0 Å². The van der Waals surface area contributed by atoms with E-state index in [0.717, 1.165) is 17.0 Å². The molecule has 2 amide bonds. The summed E-state index contributed by atoms with van der Waals surface area (Å²) in [7, 11) is 1.74. The summed E-state index contributed by atoms with van der Waals surface area (Å²) in [5, 5.41) is 6.27. The number of carbonyl (C=O) groups excluding carboxylic acids is 2. The second-order valence-electron chi connectivity index (χ2n) is 6.39. The average molecular weight is 326 g/mol. The van der Waals surface area contributed by atoms with E-state index in [1.807, 2.05) is 34.6 Å². The predicted molar refractivity (Wildman–Crippen MR) is 90.3 cm³/mol. The molecular formula is C15H26N4O2S. The van der Waals surface area contributed by atoms with Crippen molar-refractivity contribution in [1.29, 1.82) is 0 Å². The first-order valence-electron chi connectivity index (χ1n) is 7.36. The molecule has 124 valence electrons. The number of carbonyl (C=O) groups is 2. The Morgan fingerprint density at radius 2 is 1.82 bits per heavy atom. The zero-order chi connectivity index (χ0) is 16.9. The van der Waals surface area contributed by atoms with E-state index in [9.17, 15) is 9.59 Å². The zero-order valence-corrected chi connectivity index (χ0v) is 15.1. The molecule has 0 aliphatic heterocycles. The molecule has 22 heavy (non-hydrogen) atoms. The van der Waals surface area contributed by atoms with Gasteiger partial charge in [-0.1, -0.05) is 6.92 Å². The quantitative estimate of drug-likeness (QED) is 0.836. The first-order chi connectivity index (χ1) is 10.1. The van der Waals surface area contributed by atoms with Gasteiger partial charge in [0.25, 0.3) is 0 Å². The van der Waals surface area contributed by atoms with E-state index in [-0.39, 0.29) is 30.4 Å². The summed E-state index contributed by atoms with van der Waals surface area (Å²) in [5.41, 5.74) is 0.744. The highest BCUT2D eigenvalue weighted by Gasteiger charge is 2.17. The molecule has 1 heterocycles. The summed E-state index contributed by atoms with van der Waals surface area (Å²) in [6.45, 7) is 10.1. The van der Waals surface area contributed by atoms with Crippen LogP contribution in [-0.2, 0) is 16.0 Å². The number of likely N-dealkylation sites (N-methyl/N-ethyl adjacent to an activating group) is 1. The van der Waals surface area contributed by atoms with Crippen molar-refractivity contribution in [1.82, 2.24) is 15.2 Å². The van der Waals surface area contributed by atoms with Crippen LogP contribution in [0.25, 0.3) is 0 Å². The van der Waals surface area contributed by atoms with Crippen molar-refractivity contribution in [3.63, 3.8) is 0 Å². The molecule has 7 heteroatoms. The fourth-order valence-corrected chi connectivity index (χ4v) is 2.89. The lowest BCUT2D eigenvalue weighted by atomic mass is 10.1. The topological polar surface area (TPSA) is 74.3 Å². The maximum atomic E-state index is 12.0. The number of hydrogen-bond donors (Lipinski definition) is 2. The van der Waals surface area contributed by atoms with Crippen LogP contribution in [0.2, 0.25) is 0 Å². The second kappa shape index (κ2) is 7.69. The van der Waals surface area contributed by atoms with Crippen molar-refractivity contribution >= 4 is 28.3 Å². The van der Waals surface area contributed by atoms with Gasteiger partial charge in [0.2, 0.25) is 11.8 Å². The normalized spacial score (nSPS) is 11.6. The number of hydrogen-bond acceptors (Lipinski definition) is 5. The average Bonchev–Trinajstić information content (AvgIpc) is 2.65. The number of nitrogens with one attached hydrogen (secondary N) is 2. The number of aromatic nitrogens is 1. The lowest BCUT2D eigenvalue weighted by Crippen LogP contribution is -2.46. The van der Waals surface area contributed by atoms with Crippen LogP contribution in [0.1, 0.15) is 38.3 Å². The molecule has 0 atom stereocenters. The number of rotatable bonds is 6. The van der Waals surface area contributed by atoms with Crippen LogP contribution in [-0.4, -0.2) is 47.4 Å². The van der Waals surface area contributed by atoms with Gasteiger partial charge in [-0.15, -0.1) is 11.3 Å². The van der Waals surface area contributed by atoms with Crippen LogP contribution in [0.3, 0.4) is 0 Å². The van der Waals surface area contributed by atoms with Gasteiger partial charge in [-0.25, -0.2) is 4.98 Å². The van der Waals surface area contributed by atoms with Crippen LogP contribution in [0, 0.1) is 6.92 Å². The highest BCUT2D eigenvalue weighted by molar-refractivity contribution is 7.15. The van der Waals surface area contributed by atoms with Gasteiger partial charge in [-0.3, -0.25) is 14.5 Å². The summed E-state index contributed by atoms with van der Waals surface area (Å²) >= 11 is 1.48. The fraction of sp³-hybridized carbons (Fsp3) is 0.667. The SMILES string of the molecule is CCc1nc(NC(=O)CN(C)CC(=O)NC(C)(C)C)sc1C. The Hall–Kier alpha value is -1.47. The van der Waals surface area contributed by atoms with Crippen molar-refractivity contribution in [2.75, 3.05) is 25.5 Å². The largest absolute Gasteiger partial charge is 0.350 e. The molecule has 6 nitrogen and oxygen atoms in total. The van der Waals surface area contributed by atoms with Gasteiger partial charge >= 0.3 is 0 Å². The van der Waals surface area contributed by atoms with E-state index in [1.165, 1.54) is 11.3 Å². The molecule has 0 radical (unpaired) electrons. The van der Waals surface area contributed by atoms with E-state index < -0.39 is 0 Å². The summed E-state index contributed by atoms with van der Waals surface area (Å²) in [4.78, 5) is 31.0. The molecule has 0 bridgehead atoms. The standard InChI is InChI=1S/C15H26N4O2S/c1-7-11-10(2)22-14(16-11)17-12(20)8-19(6)9-13(21)18-15(3,4)5/h7-9H2,1-6H3,(H,18,21)(H,16,17,20). The lowest BCUT2D eigenvalue weighted by Gasteiger charge is -2.23. The lowest BCUT2D eigenvalue weighted by molar-refractivity contribution is -0.124. The molecule has 0 aliphatic rings. The van der Waals surface area contributed by atoms with Gasteiger partial charge in [0.15, 0.2) is 5.13 Å². The Bertz CT molecular complexity index is 534. The van der Waals surface area contributed by atoms with E-state index in [4.69, 9.17) is 0 Å². The molecule has 0 saturated heterocycles. The van der Waals surface area contributed by atoms with Crippen molar-refractivity contribution in [2.45, 2.75) is 46.6 Å². The number of amides is 2. The molecular weight excluding hydrogens is 300 g/mol. The smallest absolute Gasteiger partial charge is 0.240 e. The molecule has 0 aromatic carbocycles. The molecule has 0 aliphatic carbocycles. The second-order valence-corrected chi connectivity index (χ2v) is 7.60. The van der Waals surface area contributed by atoms with Crippen LogP contribution < -0.4 is 10.6 Å². The molecule has 1 rings (SSSR count). The maximum absolute atomic E-state index is 12.0. The highest BCUT2D eigenvalue weighted by Crippen LogP contribution is 2.22. The molecule has 0 unspecified atom stereocenters. The van der Waals surface area contributed by atoms with Crippen molar-refractivity contribution in [2.24, 2.45) is 0 Å². The van der Waals surface area contributed by atoms with E-state index in [1.54, 1.807) is 11.9 Å². The number of thiazole rings is 1. The summed E-state index contributed by atoms with van der Waals surface area (Å²) < 4.78 is 0. The molecule has 0 saturated carbocycles. The molecule has 1 aromatic heterocycles. The molecule has 0 fully saturated rings. The third-order valence-corrected chi connectivity index (χ3v) is 3.74. The first kappa shape index (κ1) is 18.6. The van der Waals surface area contributed by atoms with Crippen LogP contribution in [0.4, 0.5) is 5.13 Å². The van der Waals surface area contributed by atoms with Gasteiger partial charge in [-0.2, -0.15) is 0 Å². The minimum atomic E-state index is -0.269. The summed E-state index contributed by atoms with van der Waals surface area (Å²) in [6.07, 6.45) is 0.852. The minimum absolute atomic E-state index is 0.0961. The fourth-order valence-electron chi connectivity index (χ4n) is 1.97. The minimum Gasteiger partial charge on any atom is -0.350 e. The van der Waals surface area contributed by atoms with E-state index in [2.05, 4.69) is 15.6 Å². The number of nitrogens with zero attached hydrogens (tertiary/aromatic N) is 2. The van der Waals surface area contributed by atoms with Crippen molar-refractivity contribution < 1.29 is 9.59 Å². The molecule has 0 spiro atoms. The van der Waals surface area contributed by atoms with E-state index in [0.29, 0.717) is 5.13 Å². The monoisotopic (exact) mass is 326 g/mol. The van der Waals surface area contributed by atoms with Gasteiger partial charge in [0.1, 0.15) is 0 Å². The predicted octanol–water partition coefficient (Wildman–Crippen LogP) is 1.80. The van der Waals surface area contributed by atoms with Crippen LogP contribution >= 0.6 is 11.3 Å². The molecule has 1 aromatic rings. The van der Waals surface area contributed by atoms with Crippen LogP contribution in [0.15, 0.2) is 0 Å². The van der Waals surface area contributed by atoms with Crippen LogP contribution in [0.5, 0.6) is 0 Å². The zero-order valence-electron chi connectivity index (χ0n) is 14.2. The third kappa shape index (κ3) is 6.53. The number of anilines is 1. The Kier molecular flexibility index (Phi) is 6.49. The Balaban J connectivity index is 2.45. The maximum Gasteiger partial charge on any atom is 0.240 e. The van der Waals surface area contributed by atoms with E-state index >= 15 is 0 Å². The Morgan fingerprint density at radius 3 is 2.32 bits per heavy atom. The highest BCUT2D eigenvalue weighted by atomic mass is 32.1. The molecule has 2 N–H and O–H groups in total. The Labute approximate surface area is 136 Å². The summed E-state index contributed by atoms with van der Waals surface area (Å²) in [6, 6.07) is 0. The van der Waals surface area contributed by atoms with Gasteiger partial charge in [-0.05, 0) is 41.2 Å². The first-order valence-corrected chi connectivity index (χ1v) is 8.18. The number of aryl methyl sites for hydroxylation is 2. The van der Waals surface area contributed by atoms with Gasteiger partial charge < -0.3 is 10.6 Å². The Morgan fingerprint density at radius 1 is 1.23 bits per heavy atom. The summed E-state index contributed by atoms with van der Waals surface area (Å²) in [5.74, 6) is -0.261. The van der Waals surface area contributed by atoms with Crippen molar-refractivity contribution in [3.05, 3.63) is 10.6 Å². The van der Waals surface area contributed by atoms with Gasteiger partial charge in [0.05, 0.1) is 18.8 Å².